The largest absolute Gasteiger partial charge is 0.356 e. The average Bonchev–Trinajstić information content (AvgIpc) is 3.37. The van der Waals surface area contributed by atoms with Gasteiger partial charge in [-0.15, -0.1) is 0 Å². The molecule has 2 unspecified atom stereocenters. The number of aryl methyl sites for hydroxylation is 1. The SMILES string of the molecule is Cc1cc([C@@H](C)NC(=O)C2CC2c2ccc(C(C)(C)C)nc2N2CCCC2)ccc1NS(C)(=O)=O. The summed E-state index contributed by atoms with van der Waals surface area (Å²) < 4.78 is 25.6. The minimum absolute atomic E-state index is 0.0206. The number of carbonyl (C=O) groups is 1. The van der Waals surface area contributed by atoms with Crippen molar-refractivity contribution in [3.63, 3.8) is 0 Å². The molecule has 1 aliphatic carbocycles. The van der Waals surface area contributed by atoms with E-state index in [-0.39, 0.29) is 29.2 Å². The van der Waals surface area contributed by atoms with Crippen molar-refractivity contribution in [1.82, 2.24) is 10.3 Å². The summed E-state index contributed by atoms with van der Waals surface area (Å²) in [6, 6.07) is 9.67. The van der Waals surface area contributed by atoms with Gasteiger partial charge in [0.25, 0.3) is 0 Å². The second kappa shape index (κ2) is 9.45. The first-order valence-corrected chi connectivity index (χ1v) is 14.4. The number of hydrogen-bond donors (Lipinski definition) is 2. The Bertz CT molecular complexity index is 1210. The highest BCUT2D eigenvalue weighted by atomic mass is 32.2. The molecule has 2 N–H and O–H groups in total. The van der Waals surface area contributed by atoms with Crippen LogP contribution in [0.3, 0.4) is 0 Å². The molecule has 2 heterocycles. The van der Waals surface area contributed by atoms with Crippen molar-refractivity contribution in [1.29, 1.82) is 0 Å². The summed E-state index contributed by atoms with van der Waals surface area (Å²) in [5, 5.41) is 3.17. The van der Waals surface area contributed by atoms with E-state index >= 15 is 0 Å². The fourth-order valence-electron chi connectivity index (χ4n) is 4.85. The summed E-state index contributed by atoms with van der Waals surface area (Å²) >= 11 is 0. The standard InChI is InChI=1S/C27H38N4O3S/c1-17-15-19(9-11-23(17)30-35(6,33)34)18(2)28-26(32)22-16-21(22)20-10-12-24(27(3,4)5)29-25(20)31-13-7-8-14-31/h9-12,15,18,21-22,30H,7-8,13-14,16H2,1-6H3,(H,28,32)/t18-,21?,22?/m1/s1. The minimum Gasteiger partial charge on any atom is -0.356 e. The summed E-state index contributed by atoms with van der Waals surface area (Å²) in [6.07, 6.45) is 4.35. The fraction of sp³-hybridized carbons (Fsp3) is 0.556. The molecule has 2 aromatic rings. The maximum atomic E-state index is 13.1. The molecule has 1 aliphatic heterocycles. The van der Waals surface area contributed by atoms with Gasteiger partial charge in [-0.05, 0) is 67.9 Å². The molecule has 3 atom stereocenters. The van der Waals surface area contributed by atoms with Gasteiger partial charge < -0.3 is 10.2 Å². The number of anilines is 2. The van der Waals surface area contributed by atoms with Crippen molar-refractivity contribution in [2.24, 2.45) is 5.92 Å². The third kappa shape index (κ3) is 5.97. The van der Waals surface area contributed by atoms with Gasteiger partial charge in [-0.3, -0.25) is 9.52 Å². The van der Waals surface area contributed by atoms with Crippen LogP contribution in [0.4, 0.5) is 11.5 Å². The highest BCUT2D eigenvalue weighted by Crippen LogP contribution is 2.51. The van der Waals surface area contributed by atoms with E-state index in [1.54, 1.807) is 6.07 Å². The number of aromatic nitrogens is 1. The van der Waals surface area contributed by atoms with E-state index in [2.05, 4.69) is 47.8 Å². The molecule has 1 saturated heterocycles. The van der Waals surface area contributed by atoms with Crippen molar-refractivity contribution in [3.8, 4) is 0 Å². The van der Waals surface area contributed by atoms with Crippen molar-refractivity contribution in [2.45, 2.75) is 71.3 Å². The van der Waals surface area contributed by atoms with Crippen molar-refractivity contribution in [3.05, 3.63) is 52.7 Å². The highest BCUT2D eigenvalue weighted by molar-refractivity contribution is 7.92. The van der Waals surface area contributed by atoms with Gasteiger partial charge in [-0.2, -0.15) is 0 Å². The highest BCUT2D eigenvalue weighted by Gasteiger charge is 2.46. The van der Waals surface area contributed by atoms with E-state index in [9.17, 15) is 13.2 Å². The van der Waals surface area contributed by atoms with Gasteiger partial charge in [-0.1, -0.05) is 39.0 Å². The summed E-state index contributed by atoms with van der Waals surface area (Å²) in [5.74, 6) is 1.27. The second-order valence-electron chi connectivity index (χ2n) is 11.2. The Hall–Kier alpha value is -2.61. The van der Waals surface area contributed by atoms with Gasteiger partial charge >= 0.3 is 0 Å². The number of carbonyl (C=O) groups excluding carboxylic acids is 1. The predicted molar refractivity (Wildman–Crippen MR) is 141 cm³/mol. The van der Waals surface area contributed by atoms with Gasteiger partial charge in [0, 0.05) is 30.1 Å². The quantitative estimate of drug-likeness (QED) is 0.580. The van der Waals surface area contributed by atoms with E-state index in [1.807, 2.05) is 26.0 Å². The molecular weight excluding hydrogens is 460 g/mol. The molecule has 4 rings (SSSR count). The Balaban J connectivity index is 1.46. The number of nitrogens with one attached hydrogen (secondary N) is 2. The number of hydrogen-bond acceptors (Lipinski definition) is 5. The van der Waals surface area contributed by atoms with Crippen molar-refractivity contribution < 1.29 is 13.2 Å². The molecule has 1 saturated carbocycles. The zero-order valence-corrected chi connectivity index (χ0v) is 22.5. The van der Waals surface area contributed by atoms with Crippen LogP contribution >= 0.6 is 0 Å². The molecule has 2 fully saturated rings. The minimum atomic E-state index is -3.34. The number of rotatable bonds is 7. The molecule has 190 valence electrons. The summed E-state index contributed by atoms with van der Waals surface area (Å²) in [6.45, 7) is 12.4. The summed E-state index contributed by atoms with van der Waals surface area (Å²) in [4.78, 5) is 20.6. The van der Waals surface area contributed by atoms with Crippen LogP contribution in [-0.2, 0) is 20.2 Å². The molecule has 1 aromatic heterocycles. The van der Waals surface area contributed by atoms with E-state index in [1.165, 1.54) is 18.4 Å². The number of pyridine rings is 1. The molecule has 35 heavy (non-hydrogen) atoms. The van der Waals surface area contributed by atoms with Crippen LogP contribution in [-0.4, -0.2) is 38.7 Å². The molecular formula is C27H38N4O3S. The van der Waals surface area contributed by atoms with E-state index < -0.39 is 10.0 Å². The maximum Gasteiger partial charge on any atom is 0.229 e. The van der Waals surface area contributed by atoms with Crippen LogP contribution in [0.5, 0.6) is 0 Å². The lowest BCUT2D eigenvalue weighted by Gasteiger charge is -2.25. The van der Waals surface area contributed by atoms with Crippen molar-refractivity contribution >= 4 is 27.4 Å². The second-order valence-corrected chi connectivity index (χ2v) is 12.9. The number of benzene rings is 1. The van der Waals surface area contributed by atoms with Gasteiger partial charge in [0.2, 0.25) is 15.9 Å². The molecule has 0 radical (unpaired) electrons. The maximum absolute atomic E-state index is 13.1. The van der Waals surface area contributed by atoms with E-state index in [4.69, 9.17) is 4.98 Å². The fourth-order valence-corrected chi connectivity index (χ4v) is 5.48. The Labute approximate surface area is 209 Å². The first-order valence-electron chi connectivity index (χ1n) is 12.5. The topological polar surface area (TPSA) is 91.4 Å². The monoisotopic (exact) mass is 498 g/mol. The zero-order valence-electron chi connectivity index (χ0n) is 21.7. The number of nitrogens with zero attached hydrogens (tertiary/aromatic N) is 2. The Morgan fingerprint density at radius 2 is 1.83 bits per heavy atom. The van der Waals surface area contributed by atoms with Crippen LogP contribution in [0.15, 0.2) is 30.3 Å². The average molecular weight is 499 g/mol. The van der Waals surface area contributed by atoms with Crippen LogP contribution < -0.4 is 14.9 Å². The molecule has 0 spiro atoms. The Morgan fingerprint density at radius 1 is 1.14 bits per heavy atom. The first kappa shape index (κ1) is 25.5. The lowest BCUT2D eigenvalue weighted by Crippen LogP contribution is -2.29. The first-order chi connectivity index (χ1) is 16.3. The smallest absolute Gasteiger partial charge is 0.229 e. The van der Waals surface area contributed by atoms with Crippen LogP contribution in [0.2, 0.25) is 0 Å². The molecule has 1 aromatic carbocycles. The van der Waals surface area contributed by atoms with Crippen molar-refractivity contribution in [2.75, 3.05) is 29.0 Å². The lowest BCUT2D eigenvalue weighted by atomic mass is 9.91. The molecule has 0 bridgehead atoms. The predicted octanol–water partition coefficient (Wildman–Crippen LogP) is 4.64. The van der Waals surface area contributed by atoms with Gasteiger partial charge in [0.1, 0.15) is 5.82 Å². The normalized spacial score (nSPS) is 21.0. The zero-order chi connectivity index (χ0) is 25.5. The number of sulfonamides is 1. The van der Waals surface area contributed by atoms with E-state index in [0.29, 0.717) is 5.69 Å². The molecule has 7 nitrogen and oxygen atoms in total. The third-order valence-corrected chi connectivity index (χ3v) is 7.60. The van der Waals surface area contributed by atoms with Crippen LogP contribution in [0.1, 0.15) is 81.3 Å². The Kier molecular flexibility index (Phi) is 6.88. The van der Waals surface area contributed by atoms with Gasteiger partial charge in [-0.25, -0.2) is 13.4 Å². The molecule has 2 aliphatic rings. The molecule has 8 heteroatoms. The third-order valence-electron chi connectivity index (χ3n) is 7.01. The lowest BCUT2D eigenvalue weighted by molar-refractivity contribution is -0.123. The van der Waals surface area contributed by atoms with E-state index in [0.717, 1.165) is 48.4 Å². The molecule has 1 amide bonds. The van der Waals surface area contributed by atoms with Gasteiger partial charge in [0.15, 0.2) is 0 Å². The van der Waals surface area contributed by atoms with Crippen LogP contribution in [0, 0.1) is 12.8 Å². The Morgan fingerprint density at radius 3 is 2.43 bits per heavy atom. The summed E-state index contributed by atoms with van der Waals surface area (Å²) in [5.41, 5.74) is 4.58. The summed E-state index contributed by atoms with van der Waals surface area (Å²) in [7, 11) is -3.34. The van der Waals surface area contributed by atoms with Crippen LogP contribution in [0.25, 0.3) is 0 Å². The number of amides is 1. The van der Waals surface area contributed by atoms with Gasteiger partial charge in [0.05, 0.1) is 18.0 Å².